The molecule has 96 valence electrons. The van der Waals surface area contributed by atoms with E-state index >= 15 is 0 Å². The maximum atomic E-state index is 3.85. The zero-order valence-electron chi connectivity index (χ0n) is 11.3. The van der Waals surface area contributed by atoms with Crippen LogP contribution < -0.4 is 5.32 Å². The molecule has 1 aliphatic carbocycles. The van der Waals surface area contributed by atoms with Crippen LogP contribution in [0.5, 0.6) is 0 Å². The SMILES string of the molecule is CCCC(NC1CC(C(C)C)C1)c1cccs1. The van der Waals surface area contributed by atoms with Crippen molar-refractivity contribution in [2.75, 3.05) is 0 Å². The summed E-state index contributed by atoms with van der Waals surface area (Å²) in [5, 5.41) is 6.04. The van der Waals surface area contributed by atoms with Crippen molar-refractivity contribution >= 4 is 11.3 Å². The summed E-state index contributed by atoms with van der Waals surface area (Å²) in [6.45, 7) is 6.98. The van der Waals surface area contributed by atoms with Crippen molar-refractivity contribution in [3.8, 4) is 0 Å². The first-order valence-corrected chi connectivity index (χ1v) is 7.88. The fraction of sp³-hybridized carbons (Fsp3) is 0.733. The highest BCUT2D eigenvalue weighted by Gasteiger charge is 2.32. The highest BCUT2D eigenvalue weighted by Crippen LogP contribution is 2.36. The first kappa shape index (κ1) is 13.1. The Hall–Kier alpha value is -0.340. The molecule has 0 bridgehead atoms. The molecule has 1 atom stereocenters. The van der Waals surface area contributed by atoms with Crippen LogP contribution in [0.3, 0.4) is 0 Å². The zero-order valence-corrected chi connectivity index (χ0v) is 12.1. The van der Waals surface area contributed by atoms with E-state index in [-0.39, 0.29) is 0 Å². The highest BCUT2D eigenvalue weighted by molar-refractivity contribution is 7.10. The summed E-state index contributed by atoms with van der Waals surface area (Å²) in [6.07, 6.45) is 5.28. The Kier molecular flexibility index (Phi) is 4.63. The Bertz CT molecular complexity index is 312. The third-order valence-electron chi connectivity index (χ3n) is 4.02. The van der Waals surface area contributed by atoms with Gasteiger partial charge in [-0.25, -0.2) is 0 Å². The van der Waals surface area contributed by atoms with Gasteiger partial charge in [-0.3, -0.25) is 0 Å². The minimum atomic E-state index is 0.595. The van der Waals surface area contributed by atoms with Gasteiger partial charge in [-0.2, -0.15) is 0 Å². The molecule has 0 radical (unpaired) electrons. The molecule has 1 saturated carbocycles. The van der Waals surface area contributed by atoms with Crippen LogP contribution in [-0.4, -0.2) is 6.04 Å². The van der Waals surface area contributed by atoms with Crippen LogP contribution in [0.4, 0.5) is 0 Å². The molecule has 1 heterocycles. The van der Waals surface area contributed by atoms with Gasteiger partial charge in [-0.15, -0.1) is 11.3 Å². The van der Waals surface area contributed by atoms with Gasteiger partial charge in [0, 0.05) is 17.0 Å². The zero-order chi connectivity index (χ0) is 12.3. The monoisotopic (exact) mass is 251 g/mol. The van der Waals surface area contributed by atoms with E-state index in [2.05, 4.69) is 43.6 Å². The predicted molar refractivity (Wildman–Crippen MR) is 76.5 cm³/mol. The Balaban J connectivity index is 1.83. The Morgan fingerprint density at radius 2 is 2.18 bits per heavy atom. The molecule has 1 nitrogen and oxygen atoms in total. The molecule has 2 heteroatoms. The summed E-state index contributed by atoms with van der Waals surface area (Å²) in [5.41, 5.74) is 0. The number of hydrogen-bond donors (Lipinski definition) is 1. The van der Waals surface area contributed by atoms with Gasteiger partial charge in [0.05, 0.1) is 0 Å². The van der Waals surface area contributed by atoms with Crippen molar-refractivity contribution in [1.29, 1.82) is 0 Å². The van der Waals surface area contributed by atoms with E-state index in [4.69, 9.17) is 0 Å². The van der Waals surface area contributed by atoms with Gasteiger partial charge in [-0.05, 0) is 42.5 Å². The standard InChI is InChI=1S/C15H25NS/c1-4-6-14(15-7-5-8-17-15)16-13-9-12(10-13)11(2)3/h5,7-8,11-14,16H,4,6,9-10H2,1-3H3. The molecule has 2 rings (SSSR count). The van der Waals surface area contributed by atoms with Crippen molar-refractivity contribution in [1.82, 2.24) is 5.32 Å². The molecule has 0 aromatic carbocycles. The van der Waals surface area contributed by atoms with E-state index in [9.17, 15) is 0 Å². The summed E-state index contributed by atoms with van der Waals surface area (Å²) < 4.78 is 0. The Morgan fingerprint density at radius 3 is 2.71 bits per heavy atom. The van der Waals surface area contributed by atoms with E-state index in [0.717, 1.165) is 17.9 Å². The maximum Gasteiger partial charge on any atom is 0.0416 e. The van der Waals surface area contributed by atoms with Gasteiger partial charge in [0.25, 0.3) is 0 Å². The van der Waals surface area contributed by atoms with Gasteiger partial charge in [0.2, 0.25) is 0 Å². The molecule has 1 fully saturated rings. The maximum absolute atomic E-state index is 3.85. The first-order valence-electron chi connectivity index (χ1n) is 7.00. The van der Waals surface area contributed by atoms with Crippen LogP contribution in [0, 0.1) is 11.8 Å². The molecule has 17 heavy (non-hydrogen) atoms. The topological polar surface area (TPSA) is 12.0 Å². The van der Waals surface area contributed by atoms with Crippen molar-refractivity contribution in [2.24, 2.45) is 11.8 Å². The largest absolute Gasteiger partial charge is 0.306 e. The lowest BCUT2D eigenvalue weighted by Gasteiger charge is -2.40. The van der Waals surface area contributed by atoms with Gasteiger partial charge < -0.3 is 5.32 Å². The van der Waals surface area contributed by atoms with Crippen molar-refractivity contribution in [2.45, 2.75) is 58.5 Å². The average Bonchev–Trinajstić information content (AvgIpc) is 2.73. The second-order valence-electron chi connectivity index (χ2n) is 5.70. The molecule has 0 aliphatic heterocycles. The first-order chi connectivity index (χ1) is 8.20. The third-order valence-corrected chi connectivity index (χ3v) is 5.00. The van der Waals surface area contributed by atoms with E-state index in [1.54, 1.807) is 0 Å². The Labute approximate surface area is 110 Å². The van der Waals surface area contributed by atoms with Crippen molar-refractivity contribution < 1.29 is 0 Å². The van der Waals surface area contributed by atoms with Gasteiger partial charge in [0.1, 0.15) is 0 Å². The summed E-state index contributed by atoms with van der Waals surface area (Å²) in [5.74, 6) is 1.82. The summed E-state index contributed by atoms with van der Waals surface area (Å²) in [6, 6.07) is 5.80. The molecule has 0 saturated heterocycles. The number of nitrogens with one attached hydrogen (secondary N) is 1. The number of thiophene rings is 1. The van der Waals surface area contributed by atoms with Crippen LogP contribution >= 0.6 is 11.3 Å². The van der Waals surface area contributed by atoms with Gasteiger partial charge >= 0.3 is 0 Å². The van der Waals surface area contributed by atoms with E-state index in [1.165, 1.54) is 30.6 Å². The molecule has 1 aliphatic rings. The average molecular weight is 251 g/mol. The molecule has 0 spiro atoms. The molecule has 0 amide bonds. The molecule has 1 aromatic heterocycles. The lowest BCUT2D eigenvalue weighted by molar-refractivity contribution is 0.156. The van der Waals surface area contributed by atoms with Crippen LogP contribution in [0.2, 0.25) is 0 Å². The van der Waals surface area contributed by atoms with E-state index < -0.39 is 0 Å². The minimum Gasteiger partial charge on any atom is -0.306 e. The van der Waals surface area contributed by atoms with Gasteiger partial charge in [0.15, 0.2) is 0 Å². The highest BCUT2D eigenvalue weighted by atomic mass is 32.1. The van der Waals surface area contributed by atoms with Crippen LogP contribution in [-0.2, 0) is 0 Å². The second kappa shape index (κ2) is 6.01. The van der Waals surface area contributed by atoms with Crippen LogP contribution in [0.15, 0.2) is 17.5 Å². The predicted octanol–water partition coefficient (Wildman–Crippen LogP) is 4.61. The molecular formula is C15H25NS. The van der Waals surface area contributed by atoms with Gasteiger partial charge in [-0.1, -0.05) is 33.3 Å². The third kappa shape index (κ3) is 3.32. The van der Waals surface area contributed by atoms with Crippen molar-refractivity contribution in [3.63, 3.8) is 0 Å². The van der Waals surface area contributed by atoms with E-state index in [1.807, 2.05) is 11.3 Å². The van der Waals surface area contributed by atoms with Crippen LogP contribution in [0.1, 0.15) is 57.4 Å². The Morgan fingerprint density at radius 1 is 1.41 bits per heavy atom. The molecular weight excluding hydrogens is 226 g/mol. The molecule has 1 unspecified atom stereocenters. The summed E-state index contributed by atoms with van der Waals surface area (Å²) >= 11 is 1.89. The summed E-state index contributed by atoms with van der Waals surface area (Å²) in [4.78, 5) is 1.51. The van der Waals surface area contributed by atoms with E-state index in [0.29, 0.717) is 6.04 Å². The normalized spacial score (nSPS) is 25.9. The fourth-order valence-electron chi connectivity index (χ4n) is 2.71. The fourth-order valence-corrected chi connectivity index (χ4v) is 3.53. The van der Waals surface area contributed by atoms with Crippen LogP contribution in [0.25, 0.3) is 0 Å². The summed E-state index contributed by atoms with van der Waals surface area (Å²) in [7, 11) is 0. The lowest BCUT2D eigenvalue weighted by atomic mass is 9.73. The quantitative estimate of drug-likeness (QED) is 0.778. The molecule has 1 aromatic rings. The number of rotatable bonds is 6. The smallest absolute Gasteiger partial charge is 0.0416 e. The molecule has 1 N–H and O–H groups in total. The lowest BCUT2D eigenvalue weighted by Crippen LogP contribution is -2.44. The number of hydrogen-bond acceptors (Lipinski definition) is 2. The van der Waals surface area contributed by atoms with Crippen molar-refractivity contribution in [3.05, 3.63) is 22.4 Å². The second-order valence-corrected chi connectivity index (χ2v) is 6.68. The minimum absolute atomic E-state index is 0.595.